The molecule has 7 heteroatoms. The Labute approximate surface area is 141 Å². The summed E-state index contributed by atoms with van der Waals surface area (Å²) in [5.41, 5.74) is -0.819. The molecule has 2 aliphatic rings. The zero-order chi connectivity index (χ0) is 17.8. The second-order valence-corrected chi connectivity index (χ2v) is 7.69. The first-order valence-electron chi connectivity index (χ1n) is 8.23. The summed E-state index contributed by atoms with van der Waals surface area (Å²) in [6.45, 7) is 7.77. The molecule has 5 nitrogen and oxygen atoms in total. The van der Waals surface area contributed by atoms with Crippen LogP contribution in [-0.2, 0) is 14.8 Å². The van der Waals surface area contributed by atoms with E-state index in [1.807, 2.05) is 27.7 Å². The number of halogens is 1. The highest BCUT2D eigenvalue weighted by atomic mass is 19.1. The second-order valence-electron chi connectivity index (χ2n) is 7.69. The molecule has 130 valence electrons. The second kappa shape index (κ2) is 5.46. The van der Waals surface area contributed by atoms with Crippen LogP contribution in [0.2, 0.25) is 0 Å². The zero-order valence-corrected chi connectivity index (χ0v) is 14.5. The molecule has 0 atom stereocenters. The molecule has 1 saturated heterocycles. The molecular weight excluding hydrogens is 312 g/mol. The molecule has 0 unspecified atom stereocenters. The third-order valence-electron chi connectivity index (χ3n) is 5.59. The van der Waals surface area contributed by atoms with Crippen LogP contribution in [-0.4, -0.2) is 29.5 Å². The number of amides is 1. The van der Waals surface area contributed by atoms with Crippen molar-refractivity contribution in [3.63, 3.8) is 0 Å². The average Bonchev–Trinajstić information content (AvgIpc) is 2.63. The molecule has 24 heavy (non-hydrogen) atoms. The van der Waals surface area contributed by atoms with Crippen molar-refractivity contribution in [1.82, 2.24) is 5.32 Å². The smallest absolute Gasteiger partial charge is 0.465 e. The van der Waals surface area contributed by atoms with Gasteiger partial charge in [0, 0.05) is 5.56 Å². The van der Waals surface area contributed by atoms with Gasteiger partial charge >= 0.3 is 13.2 Å². The number of carbonyl (C=O) groups is 1. The van der Waals surface area contributed by atoms with Crippen LogP contribution < -0.4 is 10.8 Å². The fraction of sp³-hybridized carbons (Fsp3) is 0.588. The summed E-state index contributed by atoms with van der Waals surface area (Å²) in [7, 11) is -0.636. The Bertz CT molecular complexity index is 657. The Hall–Kier alpha value is -1.60. The molecule has 3 rings (SSSR count). The van der Waals surface area contributed by atoms with Crippen molar-refractivity contribution in [2.45, 2.75) is 63.7 Å². The first kappa shape index (κ1) is 17.2. The van der Waals surface area contributed by atoms with Gasteiger partial charge in [-0.1, -0.05) is 12.1 Å². The molecule has 0 bridgehead atoms. The number of nitrogens with one attached hydrogen (secondary N) is 1. The predicted molar refractivity (Wildman–Crippen MR) is 88.8 cm³/mol. The minimum atomic E-state index is -1.14. The quantitative estimate of drug-likeness (QED) is 0.834. The first-order chi connectivity index (χ1) is 11.1. The van der Waals surface area contributed by atoms with Crippen LogP contribution in [0.4, 0.5) is 9.18 Å². The van der Waals surface area contributed by atoms with Crippen molar-refractivity contribution in [3.05, 3.63) is 29.6 Å². The van der Waals surface area contributed by atoms with Crippen LogP contribution in [0.25, 0.3) is 0 Å². The fourth-order valence-corrected chi connectivity index (χ4v) is 3.24. The minimum Gasteiger partial charge on any atom is -0.465 e. The molecule has 2 N–H and O–H groups in total. The maximum Gasteiger partial charge on any atom is 0.494 e. The Morgan fingerprint density at radius 3 is 2.21 bits per heavy atom. The van der Waals surface area contributed by atoms with E-state index in [0.29, 0.717) is 23.9 Å². The van der Waals surface area contributed by atoms with E-state index in [-0.39, 0.29) is 0 Å². The highest BCUT2D eigenvalue weighted by molar-refractivity contribution is 6.62. The molecule has 1 heterocycles. The fourth-order valence-electron chi connectivity index (χ4n) is 3.24. The molecular formula is C17H23BFNO4. The SMILES string of the molecule is CC1(C)OB(c2ccc(C3(NC(=O)O)CCC3)c(F)c2)OC1(C)C. The topological polar surface area (TPSA) is 67.8 Å². The largest absolute Gasteiger partial charge is 0.494 e. The van der Waals surface area contributed by atoms with Gasteiger partial charge in [0.1, 0.15) is 5.82 Å². The van der Waals surface area contributed by atoms with Gasteiger partial charge in [-0.25, -0.2) is 9.18 Å². The molecule has 0 radical (unpaired) electrons. The minimum absolute atomic E-state index is 0.386. The van der Waals surface area contributed by atoms with Crippen molar-refractivity contribution in [3.8, 4) is 0 Å². The summed E-state index contributed by atoms with van der Waals surface area (Å²) in [5, 5.41) is 11.5. The molecule has 1 aliphatic carbocycles. The van der Waals surface area contributed by atoms with Gasteiger partial charge < -0.3 is 19.7 Å². The predicted octanol–water partition coefficient (Wildman–Crippen LogP) is 2.77. The summed E-state index contributed by atoms with van der Waals surface area (Å²) in [5.74, 6) is -0.435. The average molecular weight is 335 g/mol. The van der Waals surface area contributed by atoms with Crippen molar-refractivity contribution >= 4 is 18.7 Å². The Balaban J connectivity index is 1.87. The molecule has 1 aromatic carbocycles. The standard InChI is InChI=1S/C17H23BFNO4/c1-15(2)16(3,4)24-18(23-15)11-6-7-12(13(19)10-11)17(8-5-9-17)20-14(21)22/h6-7,10,20H,5,8-9H2,1-4H3,(H,21,22). The Kier molecular flexibility index (Phi) is 3.92. The maximum atomic E-state index is 14.7. The van der Waals surface area contributed by atoms with E-state index in [2.05, 4.69) is 5.32 Å². The molecule has 1 aliphatic heterocycles. The molecule has 1 saturated carbocycles. The van der Waals surface area contributed by atoms with Crippen molar-refractivity contribution in [1.29, 1.82) is 0 Å². The molecule has 0 spiro atoms. The van der Waals surface area contributed by atoms with Crippen LogP contribution in [0.5, 0.6) is 0 Å². The lowest BCUT2D eigenvalue weighted by Crippen LogP contribution is -2.51. The number of rotatable bonds is 3. The van der Waals surface area contributed by atoms with Crippen molar-refractivity contribution in [2.24, 2.45) is 0 Å². The maximum absolute atomic E-state index is 14.7. The van der Waals surface area contributed by atoms with Crippen LogP contribution in [0.15, 0.2) is 18.2 Å². The third-order valence-corrected chi connectivity index (χ3v) is 5.59. The number of carboxylic acid groups (broad SMARTS) is 1. The summed E-state index contributed by atoms with van der Waals surface area (Å²) in [6, 6.07) is 4.79. The van der Waals surface area contributed by atoms with Gasteiger partial charge in [-0.05, 0) is 58.5 Å². The zero-order valence-electron chi connectivity index (χ0n) is 14.5. The Morgan fingerprint density at radius 2 is 1.79 bits per heavy atom. The monoisotopic (exact) mass is 335 g/mol. The van der Waals surface area contributed by atoms with Crippen molar-refractivity contribution < 1.29 is 23.6 Å². The highest BCUT2D eigenvalue weighted by Crippen LogP contribution is 2.42. The summed E-state index contributed by atoms with van der Waals surface area (Å²) in [4.78, 5) is 11.0. The van der Waals surface area contributed by atoms with Gasteiger partial charge in [-0.3, -0.25) is 0 Å². The van der Waals surface area contributed by atoms with Crippen LogP contribution >= 0.6 is 0 Å². The van der Waals surface area contributed by atoms with Gasteiger partial charge in [0.05, 0.1) is 16.7 Å². The molecule has 1 amide bonds. The molecule has 0 aromatic heterocycles. The lowest BCUT2D eigenvalue weighted by molar-refractivity contribution is 0.00578. The molecule has 2 fully saturated rings. The van der Waals surface area contributed by atoms with Gasteiger partial charge in [-0.15, -0.1) is 0 Å². The van der Waals surface area contributed by atoms with E-state index in [1.165, 1.54) is 6.07 Å². The first-order valence-corrected chi connectivity index (χ1v) is 8.23. The van der Waals surface area contributed by atoms with Crippen LogP contribution in [0, 0.1) is 5.82 Å². The number of hydrogen-bond donors (Lipinski definition) is 2. The van der Waals surface area contributed by atoms with E-state index >= 15 is 0 Å². The van der Waals surface area contributed by atoms with Gasteiger partial charge in [0.15, 0.2) is 0 Å². The summed E-state index contributed by atoms with van der Waals surface area (Å²) < 4.78 is 26.6. The Morgan fingerprint density at radius 1 is 1.21 bits per heavy atom. The van der Waals surface area contributed by atoms with Gasteiger partial charge in [-0.2, -0.15) is 0 Å². The summed E-state index contributed by atoms with van der Waals surface area (Å²) in [6.07, 6.45) is 0.945. The number of hydrogen-bond acceptors (Lipinski definition) is 3. The van der Waals surface area contributed by atoms with Crippen LogP contribution in [0.1, 0.15) is 52.5 Å². The highest BCUT2D eigenvalue weighted by Gasteiger charge is 2.52. The molecule has 1 aromatic rings. The lowest BCUT2D eigenvalue weighted by atomic mass is 9.70. The van der Waals surface area contributed by atoms with Crippen LogP contribution in [0.3, 0.4) is 0 Å². The normalized spacial score (nSPS) is 23.6. The van der Waals surface area contributed by atoms with Crippen molar-refractivity contribution in [2.75, 3.05) is 0 Å². The van der Waals surface area contributed by atoms with E-state index in [1.54, 1.807) is 12.1 Å². The van der Waals surface area contributed by atoms with Gasteiger partial charge in [0.25, 0.3) is 0 Å². The number of benzene rings is 1. The van der Waals surface area contributed by atoms with Gasteiger partial charge in [0.2, 0.25) is 0 Å². The van der Waals surface area contributed by atoms with E-state index in [9.17, 15) is 9.18 Å². The third kappa shape index (κ3) is 2.69. The summed E-state index contributed by atoms with van der Waals surface area (Å²) >= 11 is 0. The van der Waals surface area contributed by atoms with E-state index in [0.717, 1.165) is 6.42 Å². The van der Waals surface area contributed by atoms with E-state index in [4.69, 9.17) is 14.4 Å². The van der Waals surface area contributed by atoms with E-state index < -0.39 is 35.8 Å². The lowest BCUT2D eigenvalue weighted by Gasteiger charge is -2.42.